The van der Waals surface area contributed by atoms with Crippen molar-refractivity contribution < 1.29 is 19.0 Å². The Kier molecular flexibility index (Phi) is 4.75. The summed E-state index contributed by atoms with van der Waals surface area (Å²) in [5.41, 5.74) is 3.06. The second kappa shape index (κ2) is 7.55. The van der Waals surface area contributed by atoms with Crippen molar-refractivity contribution in [1.82, 2.24) is 19.9 Å². The van der Waals surface area contributed by atoms with Gasteiger partial charge in [-0.1, -0.05) is 30.3 Å². The van der Waals surface area contributed by atoms with Crippen molar-refractivity contribution in [2.24, 2.45) is 0 Å². The van der Waals surface area contributed by atoms with Crippen LogP contribution in [-0.2, 0) is 20.8 Å². The van der Waals surface area contributed by atoms with E-state index in [0.717, 1.165) is 11.2 Å². The van der Waals surface area contributed by atoms with E-state index in [-0.39, 0.29) is 30.3 Å². The van der Waals surface area contributed by atoms with Crippen molar-refractivity contribution in [1.29, 1.82) is 0 Å². The first kappa shape index (κ1) is 18.2. The van der Waals surface area contributed by atoms with Crippen molar-refractivity contribution in [2.75, 3.05) is 20.3 Å². The molecule has 1 amide bonds. The molecule has 0 radical (unpaired) electrons. The van der Waals surface area contributed by atoms with Crippen LogP contribution in [0.5, 0.6) is 0 Å². The topological polar surface area (TPSA) is 87.5 Å². The van der Waals surface area contributed by atoms with Crippen molar-refractivity contribution >= 4 is 17.1 Å². The van der Waals surface area contributed by atoms with E-state index in [2.05, 4.69) is 27.4 Å². The average molecular weight is 394 g/mol. The van der Waals surface area contributed by atoms with E-state index in [9.17, 15) is 4.79 Å². The summed E-state index contributed by atoms with van der Waals surface area (Å²) >= 11 is 0. The van der Waals surface area contributed by atoms with E-state index in [4.69, 9.17) is 14.2 Å². The molecule has 8 nitrogen and oxygen atoms in total. The molecule has 0 bridgehead atoms. The molecular weight excluding hydrogens is 372 g/mol. The van der Waals surface area contributed by atoms with Crippen molar-refractivity contribution in [3.05, 3.63) is 60.0 Å². The van der Waals surface area contributed by atoms with Crippen LogP contribution < -0.4 is 5.32 Å². The third-order valence-electron chi connectivity index (χ3n) is 5.54. The number of nitrogens with one attached hydrogen (secondary N) is 1. The molecule has 8 heteroatoms. The predicted octanol–water partition coefficient (Wildman–Crippen LogP) is 1.39. The third kappa shape index (κ3) is 3.39. The molecule has 2 aliphatic rings. The Balaban J connectivity index is 1.30. The number of carbonyl (C=O) groups is 1. The van der Waals surface area contributed by atoms with Gasteiger partial charge >= 0.3 is 0 Å². The fraction of sp³-hybridized carbons (Fsp3) is 0.381. The van der Waals surface area contributed by atoms with Gasteiger partial charge in [0.2, 0.25) is 0 Å². The number of imidazole rings is 1. The summed E-state index contributed by atoms with van der Waals surface area (Å²) in [7, 11) is 1.64. The summed E-state index contributed by atoms with van der Waals surface area (Å²) in [4.78, 5) is 21.7. The Hall–Kier alpha value is -2.81. The smallest absolute Gasteiger partial charge is 0.253 e. The molecule has 1 N–H and O–H groups in total. The largest absolute Gasteiger partial charge is 0.376 e. The fourth-order valence-corrected chi connectivity index (χ4v) is 4.01. The number of hydrogen-bond acceptors (Lipinski definition) is 6. The Morgan fingerprint density at radius 1 is 1.21 bits per heavy atom. The zero-order valence-electron chi connectivity index (χ0n) is 16.0. The first-order valence-corrected chi connectivity index (χ1v) is 9.64. The number of ether oxygens (including phenoxy) is 3. The second-order valence-corrected chi connectivity index (χ2v) is 7.37. The Labute approximate surface area is 167 Å². The van der Waals surface area contributed by atoms with Crippen LogP contribution in [0, 0.1) is 0 Å². The van der Waals surface area contributed by atoms with E-state index in [1.54, 1.807) is 25.7 Å². The Morgan fingerprint density at radius 3 is 2.86 bits per heavy atom. The molecule has 1 aromatic carbocycles. The van der Waals surface area contributed by atoms with Gasteiger partial charge in [0.15, 0.2) is 5.65 Å². The standard InChI is InChI=1S/C21H22N4O4/c1-27-17-11-29-18-16(10-28-19(17)18)24-21(26)14-7-15-20(22-8-14)25(12-23-15)9-13-5-3-2-4-6-13/h2-8,12,16-19H,9-11H2,1H3,(H,24,26)/t16-,17-,18-,19-/m1/s1. The number of carbonyl (C=O) groups excluding carboxylic acids is 1. The molecule has 2 saturated heterocycles. The molecule has 2 aliphatic heterocycles. The summed E-state index contributed by atoms with van der Waals surface area (Å²) < 4.78 is 18.9. The second-order valence-electron chi connectivity index (χ2n) is 7.37. The normalized spacial score (nSPS) is 26.0. The number of aromatic nitrogens is 3. The summed E-state index contributed by atoms with van der Waals surface area (Å²) in [6.07, 6.45) is 2.92. The molecule has 0 saturated carbocycles. The molecule has 5 rings (SSSR count). The summed E-state index contributed by atoms with van der Waals surface area (Å²) in [6, 6.07) is 11.7. The Bertz CT molecular complexity index is 1020. The maximum atomic E-state index is 12.8. The zero-order valence-corrected chi connectivity index (χ0v) is 16.0. The highest BCUT2D eigenvalue weighted by atomic mass is 16.6. The molecule has 4 atom stereocenters. The van der Waals surface area contributed by atoms with Gasteiger partial charge in [-0.3, -0.25) is 4.79 Å². The van der Waals surface area contributed by atoms with Gasteiger partial charge in [-0.2, -0.15) is 0 Å². The lowest BCUT2D eigenvalue weighted by atomic mass is 10.1. The molecule has 3 aromatic rings. The molecule has 4 heterocycles. The van der Waals surface area contributed by atoms with Gasteiger partial charge < -0.3 is 24.1 Å². The number of amides is 1. The quantitative estimate of drug-likeness (QED) is 0.704. The SMILES string of the molecule is CO[C@@H]1CO[C@H]2[C@@H]1OC[C@H]2NC(=O)c1cnc2c(c1)ncn2Cc1ccccc1. The van der Waals surface area contributed by atoms with Gasteiger partial charge in [0, 0.05) is 13.3 Å². The van der Waals surface area contributed by atoms with E-state index in [0.29, 0.717) is 30.8 Å². The van der Waals surface area contributed by atoms with Crippen molar-refractivity contribution in [3.8, 4) is 0 Å². The van der Waals surface area contributed by atoms with Crippen molar-refractivity contribution in [2.45, 2.75) is 30.9 Å². The van der Waals surface area contributed by atoms with Gasteiger partial charge in [-0.25, -0.2) is 9.97 Å². The number of benzene rings is 1. The monoisotopic (exact) mass is 394 g/mol. The zero-order chi connectivity index (χ0) is 19.8. The van der Waals surface area contributed by atoms with Crippen LogP contribution in [0.25, 0.3) is 11.2 Å². The van der Waals surface area contributed by atoms with Crippen LogP contribution in [0.15, 0.2) is 48.9 Å². The van der Waals surface area contributed by atoms with Crippen LogP contribution in [0.1, 0.15) is 15.9 Å². The van der Waals surface area contributed by atoms with Gasteiger partial charge in [0.25, 0.3) is 5.91 Å². The molecule has 0 spiro atoms. The summed E-state index contributed by atoms with van der Waals surface area (Å²) in [5.74, 6) is -0.212. The number of fused-ring (bicyclic) bond motifs is 2. The van der Waals surface area contributed by atoms with Crippen LogP contribution in [-0.4, -0.2) is 65.1 Å². The van der Waals surface area contributed by atoms with E-state index >= 15 is 0 Å². The van der Waals surface area contributed by atoms with E-state index in [1.807, 2.05) is 22.8 Å². The number of methoxy groups -OCH3 is 1. The number of pyridine rings is 1. The molecule has 2 aromatic heterocycles. The lowest BCUT2D eigenvalue weighted by Crippen LogP contribution is -2.44. The van der Waals surface area contributed by atoms with E-state index in [1.165, 1.54) is 0 Å². The van der Waals surface area contributed by atoms with E-state index < -0.39 is 0 Å². The van der Waals surface area contributed by atoms with Gasteiger partial charge in [0.1, 0.15) is 23.8 Å². The van der Waals surface area contributed by atoms with Gasteiger partial charge in [0.05, 0.1) is 37.7 Å². The first-order chi connectivity index (χ1) is 14.2. The van der Waals surface area contributed by atoms with Crippen LogP contribution >= 0.6 is 0 Å². The highest BCUT2D eigenvalue weighted by Gasteiger charge is 2.48. The highest BCUT2D eigenvalue weighted by molar-refractivity contribution is 5.96. The highest BCUT2D eigenvalue weighted by Crippen LogP contribution is 2.28. The maximum Gasteiger partial charge on any atom is 0.253 e. The van der Waals surface area contributed by atoms with Crippen LogP contribution in [0.2, 0.25) is 0 Å². The minimum Gasteiger partial charge on any atom is -0.376 e. The molecule has 2 fully saturated rings. The molecule has 150 valence electrons. The van der Waals surface area contributed by atoms with Gasteiger partial charge in [-0.05, 0) is 11.6 Å². The minimum atomic E-state index is -0.212. The Morgan fingerprint density at radius 2 is 2.03 bits per heavy atom. The van der Waals surface area contributed by atoms with Gasteiger partial charge in [-0.15, -0.1) is 0 Å². The first-order valence-electron chi connectivity index (χ1n) is 9.64. The molecule has 0 unspecified atom stereocenters. The summed E-state index contributed by atoms with van der Waals surface area (Å²) in [6.45, 7) is 1.56. The lowest BCUT2D eigenvalue weighted by Gasteiger charge is -2.17. The predicted molar refractivity (Wildman–Crippen MR) is 105 cm³/mol. The minimum absolute atomic E-state index is 0.0894. The van der Waals surface area contributed by atoms with Crippen molar-refractivity contribution in [3.63, 3.8) is 0 Å². The number of rotatable bonds is 5. The molecule has 29 heavy (non-hydrogen) atoms. The molecule has 0 aliphatic carbocycles. The maximum absolute atomic E-state index is 12.8. The summed E-state index contributed by atoms with van der Waals surface area (Å²) in [5, 5.41) is 3.00. The third-order valence-corrected chi connectivity index (χ3v) is 5.54. The van der Waals surface area contributed by atoms with Crippen LogP contribution in [0.3, 0.4) is 0 Å². The van der Waals surface area contributed by atoms with Crippen LogP contribution in [0.4, 0.5) is 0 Å². The average Bonchev–Trinajstić information content (AvgIpc) is 3.45. The fourth-order valence-electron chi connectivity index (χ4n) is 4.01. The lowest BCUT2D eigenvalue weighted by molar-refractivity contribution is -0.00817. The number of nitrogens with zero attached hydrogens (tertiary/aromatic N) is 3. The molecular formula is C21H22N4O4. The number of hydrogen-bond donors (Lipinski definition) is 1.